The fourth-order valence-corrected chi connectivity index (χ4v) is 1.32. The molecule has 0 radical (unpaired) electrons. The molecule has 2 N–H and O–H groups in total. The number of rotatable bonds is 3. The Balaban J connectivity index is 2.43. The lowest BCUT2D eigenvalue weighted by atomic mass is 10.5. The highest BCUT2D eigenvalue weighted by Gasteiger charge is 2.11. The van der Waals surface area contributed by atoms with Crippen LogP contribution in [0.15, 0.2) is 18.5 Å². The van der Waals surface area contributed by atoms with E-state index >= 15 is 0 Å². The van der Waals surface area contributed by atoms with Crippen LogP contribution < -0.4 is 10.5 Å². The molecule has 2 aromatic heterocycles. The molecule has 6 heteroatoms. The van der Waals surface area contributed by atoms with E-state index in [1.807, 2.05) is 26.1 Å². The zero-order valence-electron chi connectivity index (χ0n) is 9.21. The maximum absolute atomic E-state index is 5.60. The number of anilines is 1. The molecule has 0 aromatic carbocycles. The zero-order chi connectivity index (χ0) is 11.5. The number of allylic oxidation sites excluding steroid dienone is 1. The van der Waals surface area contributed by atoms with Crippen molar-refractivity contribution in [2.45, 2.75) is 6.92 Å². The fraction of sp³-hybridized carbons (Fsp3) is 0.300. The Labute approximate surface area is 92.8 Å². The van der Waals surface area contributed by atoms with Gasteiger partial charge in [-0.15, -0.1) is 0 Å². The highest BCUT2D eigenvalue weighted by molar-refractivity contribution is 5.77. The molecule has 0 spiro atoms. The van der Waals surface area contributed by atoms with Gasteiger partial charge in [0.1, 0.15) is 6.61 Å². The van der Waals surface area contributed by atoms with Crippen molar-refractivity contribution in [1.29, 1.82) is 0 Å². The molecular formula is C10H13N5O. The standard InChI is InChI=1S/C10H13N5O/c1-3-4-5-16-9-7-8(13-10(11)14-9)15(2)6-12-7/h3-4,6H,5H2,1-2H3,(H2,11,13,14)/b4-3+. The normalized spacial score (nSPS) is 11.4. The molecule has 2 rings (SSSR count). The highest BCUT2D eigenvalue weighted by atomic mass is 16.5. The Hall–Kier alpha value is -2.11. The molecule has 0 fully saturated rings. The molecule has 0 aliphatic heterocycles. The molecule has 84 valence electrons. The molecule has 0 saturated carbocycles. The van der Waals surface area contributed by atoms with Crippen molar-refractivity contribution in [2.75, 3.05) is 12.3 Å². The summed E-state index contributed by atoms with van der Waals surface area (Å²) in [7, 11) is 1.84. The minimum absolute atomic E-state index is 0.187. The molecule has 0 saturated heterocycles. The minimum Gasteiger partial charge on any atom is -0.472 e. The minimum atomic E-state index is 0.187. The lowest BCUT2D eigenvalue weighted by molar-refractivity contribution is 0.352. The zero-order valence-corrected chi connectivity index (χ0v) is 9.21. The average molecular weight is 219 g/mol. The number of aromatic nitrogens is 4. The average Bonchev–Trinajstić information content (AvgIpc) is 2.61. The summed E-state index contributed by atoms with van der Waals surface area (Å²) in [6, 6.07) is 0. The Kier molecular flexibility index (Phi) is 2.72. The highest BCUT2D eigenvalue weighted by Crippen LogP contribution is 2.20. The molecule has 0 atom stereocenters. The SMILES string of the molecule is C/C=C/COc1nc(N)nc2c1ncn2C. The van der Waals surface area contributed by atoms with Gasteiger partial charge in [0.05, 0.1) is 6.33 Å². The Morgan fingerprint density at radius 1 is 1.50 bits per heavy atom. The van der Waals surface area contributed by atoms with Crippen molar-refractivity contribution in [2.24, 2.45) is 7.05 Å². The number of aryl methyl sites for hydroxylation is 1. The van der Waals surface area contributed by atoms with Crippen molar-refractivity contribution < 1.29 is 4.74 Å². The van der Waals surface area contributed by atoms with Crippen LogP contribution >= 0.6 is 0 Å². The van der Waals surface area contributed by atoms with Gasteiger partial charge >= 0.3 is 0 Å². The van der Waals surface area contributed by atoms with E-state index < -0.39 is 0 Å². The summed E-state index contributed by atoms with van der Waals surface area (Å²) in [5.41, 5.74) is 6.89. The van der Waals surface area contributed by atoms with Gasteiger partial charge in [0.15, 0.2) is 11.2 Å². The summed E-state index contributed by atoms with van der Waals surface area (Å²) in [5, 5.41) is 0. The van der Waals surface area contributed by atoms with Crippen LogP contribution in [0.2, 0.25) is 0 Å². The molecular weight excluding hydrogens is 206 g/mol. The number of hydrogen-bond donors (Lipinski definition) is 1. The van der Waals surface area contributed by atoms with E-state index in [0.29, 0.717) is 23.7 Å². The van der Waals surface area contributed by atoms with Crippen LogP contribution in [0, 0.1) is 0 Å². The van der Waals surface area contributed by atoms with Crippen molar-refractivity contribution in [3.05, 3.63) is 18.5 Å². The monoisotopic (exact) mass is 219 g/mol. The molecule has 0 amide bonds. The Morgan fingerprint density at radius 3 is 3.06 bits per heavy atom. The molecule has 0 unspecified atom stereocenters. The van der Waals surface area contributed by atoms with E-state index in [1.54, 1.807) is 10.9 Å². The van der Waals surface area contributed by atoms with Crippen LogP contribution in [0.5, 0.6) is 5.88 Å². The summed E-state index contributed by atoms with van der Waals surface area (Å²) in [4.78, 5) is 12.3. The fourth-order valence-electron chi connectivity index (χ4n) is 1.32. The number of ether oxygens (including phenoxy) is 1. The van der Waals surface area contributed by atoms with E-state index in [2.05, 4.69) is 15.0 Å². The number of imidazole rings is 1. The molecule has 0 aliphatic carbocycles. The summed E-state index contributed by atoms with van der Waals surface area (Å²) in [6.07, 6.45) is 5.44. The first kappa shape index (κ1) is 10.4. The maximum atomic E-state index is 5.60. The lowest BCUT2D eigenvalue weighted by Crippen LogP contribution is -2.02. The predicted molar refractivity (Wildman–Crippen MR) is 61.0 cm³/mol. The predicted octanol–water partition coefficient (Wildman–Crippen LogP) is 0.900. The topological polar surface area (TPSA) is 78.8 Å². The number of nitrogens with zero attached hydrogens (tertiary/aromatic N) is 4. The molecule has 16 heavy (non-hydrogen) atoms. The number of nitrogen functional groups attached to an aromatic ring is 1. The van der Waals surface area contributed by atoms with Gasteiger partial charge in [-0.2, -0.15) is 9.97 Å². The smallest absolute Gasteiger partial charge is 0.247 e. The van der Waals surface area contributed by atoms with Crippen molar-refractivity contribution >= 4 is 17.1 Å². The van der Waals surface area contributed by atoms with E-state index in [4.69, 9.17) is 10.5 Å². The van der Waals surface area contributed by atoms with E-state index in [0.717, 1.165) is 0 Å². The molecule has 2 aromatic rings. The van der Waals surface area contributed by atoms with Crippen LogP contribution in [-0.2, 0) is 7.05 Å². The Morgan fingerprint density at radius 2 is 2.31 bits per heavy atom. The summed E-state index contributed by atoms with van der Waals surface area (Å²) < 4.78 is 7.23. The number of hydrogen-bond acceptors (Lipinski definition) is 5. The van der Waals surface area contributed by atoms with Gasteiger partial charge in [-0.25, -0.2) is 4.98 Å². The number of nitrogens with two attached hydrogens (primary N) is 1. The second-order valence-electron chi connectivity index (χ2n) is 3.29. The largest absolute Gasteiger partial charge is 0.472 e. The van der Waals surface area contributed by atoms with E-state index in [9.17, 15) is 0 Å². The third kappa shape index (κ3) is 1.81. The van der Waals surface area contributed by atoms with E-state index in [-0.39, 0.29) is 5.95 Å². The van der Waals surface area contributed by atoms with Crippen LogP contribution in [0.4, 0.5) is 5.95 Å². The molecule has 2 heterocycles. The van der Waals surface area contributed by atoms with Crippen LogP contribution in [0.25, 0.3) is 11.2 Å². The maximum Gasteiger partial charge on any atom is 0.247 e. The van der Waals surface area contributed by atoms with Gasteiger partial charge in [-0.3, -0.25) is 0 Å². The van der Waals surface area contributed by atoms with Crippen molar-refractivity contribution in [1.82, 2.24) is 19.5 Å². The van der Waals surface area contributed by atoms with Gasteiger partial charge in [0.2, 0.25) is 11.8 Å². The molecule has 0 aliphatic rings. The second kappa shape index (κ2) is 4.18. The van der Waals surface area contributed by atoms with Crippen molar-refractivity contribution in [3.63, 3.8) is 0 Å². The first-order valence-electron chi connectivity index (χ1n) is 4.91. The summed E-state index contributed by atoms with van der Waals surface area (Å²) >= 11 is 0. The van der Waals surface area contributed by atoms with Gasteiger partial charge in [-0.1, -0.05) is 12.2 Å². The third-order valence-corrected chi connectivity index (χ3v) is 2.10. The quantitative estimate of drug-likeness (QED) is 0.776. The molecule has 0 bridgehead atoms. The summed E-state index contributed by atoms with van der Waals surface area (Å²) in [5.74, 6) is 0.604. The van der Waals surface area contributed by atoms with Gasteiger partial charge in [0.25, 0.3) is 0 Å². The van der Waals surface area contributed by atoms with Gasteiger partial charge < -0.3 is 15.0 Å². The number of fused-ring (bicyclic) bond motifs is 1. The second-order valence-corrected chi connectivity index (χ2v) is 3.29. The first-order chi connectivity index (χ1) is 7.72. The third-order valence-electron chi connectivity index (χ3n) is 2.10. The van der Waals surface area contributed by atoms with E-state index in [1.165, 1.54) is 0 Å². The Bertz CT molecular complexity index is 531. The lowest BCUT2D eigenvalue weighted by Gasteiger charge is -2.03. The van der Waals surface area contributed by atoms with Crippen LogP contribution in [-0.4, -0.2) is 26.1 Å². The van der Waals surface area contributed by atoms with Crippen molar-refractivity contribution in [3.8, 4) is 5.88 Å². The van der Waals surface area contributed by atoms with Gasteiger partial charge in [0, 0.05) is 7.05 Å². The van der Waals surface area contributed by atoms with Gasteiger partial charge in [-0.05, 0) is 6.92 Å². The van der Waals surface area contributed by atoms with Crippen LogP contribution in [0.3, 0.4) is 0 Å². The summed E-state index contributed by atoms with van der Waals surface area (Å²) in [6.45, 7) is 2.37. The molecule has 6 nitrogen and oxygen atoms in total. The first-order valence-corrected chi connectivity index (χ1v) is 4.91. The van der Waals surface area contributed by atoms with Crippen LogP contribution in [0.1, 0.15) is 6.92 Å².